The highest BCUT2D eigenvalue weighted by Gasteiger charge is 2.62. The maximum atomic E-state index is 14.5. The monoisotopic (exact) mass is 658 g/mol. The summed E-state index contributed by atoms with van der Waals surface area (Å²) in [6, 6.07) is 19.5. The van der Waals surface area contributed by atoms with Gasteiger partial charge < -0.3 is 18.9 Å². The number of esters is 4. The zero-order valence-electron chi connectivity index (χ0n) is 28.1. The molecule has 0 aromatic heterocycles. The molecule has 4 saturated heterocycles. The second-order valence-corrected chi connectivity index (χ2v) is 14.4. The fourth-order valence-electron chi connectivity index (χ4n) is 9.94. The van der Waals surface area contributed by atoms with Crippen molar-refractivity contribution in [1.82, 2.24) is 9.80 Å². The third kappa shape index (κ3) is 5.50. The number of methoxy groups -OCH3 is 2. The molecule has 0 N–H and O–H groups in total. The molecule has 7 rings (SSSR count). The number of fused-ring (bicyclic) bond motifs is 4. The third-order valence-electron chi connectivity index (χ3n) is 12.4. The third-order valence-corrected chi connectivity index (χ3v) is 12.4. The maximum Gasteiger partial charge on any atom is 0.314 e. The molecule has 0 spiro atoms. The summed E-state index contributed by atoms with van der Waals surface area (Å²) in [6.07, 6.45) is 3.43. The first-order valence-electron chi connectivity index (χ1n) is 17.3. The summed E-state index contributed by atoms with van der Waals surface area (Å²) in [5, 5.41) is 0. The zero-order valence-corrected chi connectivity index (χ0v) is 28.1. The Bertz CT molecular complexity index is 1400. The molecule has 4 unspecified atom stereocenters. The number of benzene rings is 2. The van der Waals surface area contributed by atoms with Crippen molar-refractivity contribution in [3.05, 3.63) is 71.8 Å². The molecule has 0 amide bonds. The van der Waals surface area contributed by atoms with Crippen molar-refractivity contribution in [2.24, 2.45) is 23.7 Å². The van der Waals surface area contributed by atoms with E-state index in [9.17, 15) is 19.2 Å². The van der Waals surface area contributed by atoms with E-state index in [0.29, 0.717) is 12.8 Å². The number of hydrogen-bond donors (Lipinski definition) is 0. The lowest BCUT2D eigenvalue weighted by Gasteiger charge is -2.51. The van der Waals surface area contributed by atoms with E-state index in [1.807, 2.05) is 74.8 Å². The van der Waals surface area contributed by atoms with Gasteiger partial charge in [0.15, 0.2) is 0 Å². The van der Waals surface area contributed by atoms with Crippen LogP contribution in [0, 0.1) is 23.7 Å². The van der Waals surface area contributed by atoms with Crippen molar-refractivity contribution >= 4 is 23.9 Å². The fourth-order valence-corrected chi connectivity index (χ4v) is 9.94. The van der Waals surface area contributed by atoms with Crippen molar-refractivity contribution in [2.75, 3.05) is 28.3 Å². The van der Waals surface area contributed by atoms with Crippen LogP contribution < -0.4 is 0 Å². The van der Waals surface area contributed by atoms with Gasteiger partial charge in [0.05, 0.1) is 26.1 Å². The van der Waals surface area contributed by atoms with Gasteiger partial charge in [0.2, 0.25) is 0 Å². The lowest BCUT2D eigenvalue weighted by molar-refractivity contribution is -0.184. The van der Waals surface area contributed by atoms with E-state index in [4.69, 9.17) is 18.9 Å². The molecule has 2 aromatic rings. The highest BCUT2D eigenvalue weighted by Crippen LogP contribution is 2.59. The van der Waals surface area contributed by atoms with Crippen molar-refractivity contribution < 1.29 is 38.1 Å². The summed E-state index contributed by atoms with van der Waals surface area (Å²) in [7, 11) is 6.80. The largest absolute Gasteiger partial charge is 0.469 e. The molecule has 1 aliphatic carbocycles. The topological polar surface area (TPSA) is 112 Å². The molecule has 48 heavy (non-hydrogen) atoms. The van der Waals surface area contributed by atoms with Gasteiger partial charge in [0.1, 0.15) is 24.0 Å². The van der Waals surface area contributed by atoms with Crippen LogP contribution in [0.4, 0.5) is 0 Å². The Balaban J connectivity index is 1.21. The minimum atomic E-state index is -0.687. The Hall–Kier alpha value is -3.76. The normalized spacial score (nSPS) is 37.2. The number of carbonyl (C=O) groups is 4. The Morgan fingerprint density at radius 2 is 0.917 bits per heavy atom. The van der Waals surface area contributed by atoms with Crippen LogP contribution in [0.2, 0.25) is 0 Å². The molecule has 2 aromatic carbocycles. The molecule has 1 saturated carbocycles. The number of piperidine rings is 2. The fraction of sp³-hybridized carbons (Fsp3) is 0.579. The molecule has 5 aliphatic rings. The van der Waals surface area contributed by atoms with E-state index < -0.39 is 59.7 Å². The SMILES string of the molecule is COC(=O)C1C(OC(=O)C2C(c3ccccc3)C(C(=O)OC3C[C@@H]4CC[C@H](C3C(=O)OC)N4C)C2c2ccccc2)C[C@@H]2CC[C@H]1N2C. The summed E-state index contributed by atoms with van der Waals surface area (Å²) in [5.41, 5.74) is 1.68. The highest BCUT2D eigenvalue weighted by molar-refractivity contribution is 5.86. The molecule has 256 valence electrons. The molecule has 5 fully saturated rings. The molecular weight excluding hydrogens is 612 g/mol. The van der Waals surface area contributed by atoms with Crippen LogP contribution in [-0.2, 0) is 38.1 Å². The second-order valence-electron chi connectivity index (χ2n) is 14.4. The van der Waals surface area contributed by atoms with Gasteiger partial charge in [-0.1, -0.05) is 60.7 Å². The van der Waals surface area contributed by atoms with Crippen LogP contribution in [0.25, 0.3) is 0 Å². The average molecular weight is 659 g/mol. The van der Waals surface area contributed by atoms with E-state index in [2.05, 4.69) is 9.80 Å². The lowest BCUT2D eigenvalue weighted by Crippen LogP contribution is -2.57. The molecule has 8 atom stereocenters. The summed E-state index contributed by atoms with van der Waals surface area (Å²) < 4.78 is 23.2. The van der Waals surface area contributed by atoms with Gasteiger partial charge in [0.25, 0.3) is 0 Å². The molecule has 4 bridgehead atoms. The Morgan fingerprint density at radius 3 is 1.27 bits per heavy atom. The standard InChI is InChI=1S/C38H46N2O8/c1-39-23-15-17-25(39)31(35(41)45-3)27(19-23)47-37(43)33-29(21-11-7-5-8-12-21)34(30(33)22-13-9-6-10-14-22)38(44)48-28-20-24-16-18-26(40(24)2)32(28)36(42)46-4/h5-14,23-34H,15-20H2,1-4H3/t23-,24-,25+,26+,27?,28?,29?,30?,31?,32?,33?,34?/m0/s1. The minimum Gasteiger partial charge on any atom is -0.469 e. The number of carbonyl (C=O) groups excluding carboxylic acids is 4. The predicted molar refractivity (Wildman–Crippen MR) is 174 cm³/mol. The first-order valence-corrected chi connectivity index (χ1v) is 17.3. The molecule has 0 radical (unpaired) electrons. The van der Waals surface area contributed by atoms with Gasteiger partial charge in [-0.05, 0) is 50.9 Å². The number of nitrogens with zero attached hydrogens (tertiary/aromatic N) is 2. The average Bonchev–Trinajstić information content (AvgIpc) is 3.45. The Morgan fingerprint density at radius 1 is 0.542 bits per heavy atom. The minimum absolute atomic E-state index is 0.0551. The van der Waals surface area contributed by atoms with Crippen molar-refractivity contribution in [2.45, 2.75) is 86.7 Å². The first kappa shape index (κ1) is 32.8. The van der Waals surface area contributed by atoms with Crippen LogP contribution in [0.15, 0.2) is 60.7 Å². The summed E-state index contributed by atoms with van der Waals surface area (Å²) in [6.45, 7) is 0. The molecule has 10 heteroatoms. The van der Waals surface area contributed by atoms with E-state index in [1.54, 1.807) is 0 Å². The highest BCUT2D eigenvalue weighted by atomic mass is 16.6. The molecule has 4 aliphatic heterocycles. The Kier molecular flexibility index (Phi) is 9.06. The molecular formula is C38H46N2O8. The van der Waals surface area contributed by atoms with Crippen LogP contribution in [-0.4, -0.2) is 98.4 Å². The smallest absolute Gasteiger partial charge is 0.314 e. The van der Waals surface area contributed by atoms with Crippen LogP contribution in [0.5, 0.6) is 0 Å². The van der Waals surface area contributed by atoms with E-state index >= 15 is 0 Å². The van der Waals surface area contributed by atoms with Gasteiger partial charge in [-0.25, -0.2) is 0 Å². The number of rotatable bonds is 8. The van der Waals surface area contributed by atoms with Gasteiger partial charge in [-0.2, -0.15) is 0 Å². The summed E-state index contributed by atoms with van der Waals surface area (Å²) in [5.74, 6) is -5.15. The zero-order chi connectivity index (χ0) is 33.7. The van der Waals surface area contributed by atoms with Crippen LogP contribution in [0.1, 0.15) is 61.5 Å². The van der Waals surface area contributed by atoms with Crippen LogP contribution >= 0.6 is 0 Å². The first-order chi connectivity index (χ1) is 23.2. The molecule has 4 heterocycles. The quantitative estimate of drug-likeness (QED) is 0.306. The summed E-state index contributed by atoms with van der Waals surface area (Å²) in [4.78, 5) is 59.6. The van der Waals surface area contributed by atoms with Gasteiger partial charge in [-0.15, -0.1) is 0 Å². The Labute approximate surface area is 282 Å². The van der Waals surface area contributed by atoms with E-state index in [1.165, 1.54) is 14.2 Å². The summed E-state index contributed by atoms with van der Waals surface area (Å²) >= 11 is 0. The van der Waals surface area contributed by atoms with Crippen molar-refractivity contribution in [3.63, 3.8) is 0 Å². The van der Waals surface area contributed by atoms with E-state index in [-0.39, 0.29) is 36.1 Å². The maximum absolute atomic E-state index is 14.5. The lowest BCUT2D eigenvalue weighted by atomic mass is 9.52. The van der Waals surface area contributed by atoms with Gasteiger partial charge in [-0.3, -0.25) is 29.0 Å². The van der Waals surface area contributed by atoms with Crippen molar-refractivity contribution in [3.8, 4) is 0 Å². The van der Waals surface area contributed by atoms with Gasteiger partial charge >= 0.3 is 23.9 Å². The number of ether oxygens (including phenoxy) is 4. The number of hydrogen-bond acceptors (Lipinski definition) is 10. The van der Waals surface area contributed by atoms with E-state index in [0.717, 1.165) is 36.8 Å². The second kappa shape index (κ2) is 13.3. The predicted octanol–water partition coefficient (Wildman–Crippen LogP) is 3.94. The molecule has 10 nitrogen and oxygen atoms in total. The van der Waals surface area contributed by atoms with Crippen molar-refractivity contribution in [1.29, 1.82) is 0 Å². The van der Waals surface area contributed by atoms with Gasteiger partial charge in [0, 0.05) is 48.8 Å². The van der Waals surface area contributed by atoms with Crippen LogP contribution in [0.3, 0.4) is 0 Å².